The topological polar surface area (TPSA) is 34.9 Å². The zero-order valence-electron chi connectivity index (χ0n) is 10.2. The fourth-order valence-corrected chi connectivity index (χ4v) is 1.82. The molecule has 0 unspecified atom stereocenters. The highest BCUT2D eigenvalue weighted by atomic mass is 79.9. The van der Waals surface area contributed by atoms with E-state index in [0.717, 1.165) is 15.7 Å². The van der Waals surface area contributed by atoms with E-state index in [4.69, 9.17) is 0 Å². The summed E-state index contributed by atoms with van der Waals surface area (Å²) < 4.78 is 2.75. The zero-order chi connectivity index (χ0) is 13.1. The maximum atomic E-state index is 11.9. The Morgan fingerprint density at radius 3 is 2.56 bits per heavy atom. The van der Waals surface area contributed by atoms with Crippen LogP contribution in [0.25, 0.3) is 6.08 Å². The number of ketones is 1. The van der Waals surface area contributed by atoms with Gasteiger partial charge in [-0.15, -0.1) is 0 Å². The Morgan fingerprint density at radius 1 is 1.33 bits per heavy atom. The van der Waals surface area contributed by atoms with Crippen molar-refractivity contribution in [1.29, 1.82) is 0 Å². The van der Waals surface area contributed by atoms with Crippen LogP contribution in [-0.4, -0.2) is 15.6 Å². The second-order valence-electron chi connectivity index (χ2n) is 4.01. The predicted molar refractivity (Wildman–Crippen MR) is 75.5 cm³/mol. The number of hydrogen-bond acceptors (Lipinski definition) is 2. The van der Waals surface area contributed by atoms with Crippen LogP contribution in [-0.2, 0) is 7.05 Å². The molecule has 2 rings (SSSR count). The van der Waals surface area contributed by atoms with E-state index in [1.165, 1.54) is 0 Å². The molecule has 3 nitrogen and oxygen atoms in total. The highest BCUT2D eigenvalue weighted by Gasteiger charge is 2.03. The van der Waals surface area contributed by atoms with Gasteiger partial charge in [0.2, 0.25) is 0 Å². The largest absolute Gasteiger partial charge is 0.289 e. The van der Waals surface area contributed by atoms with E-state index in [9.17, 15) is 4.79 Å². The minimum Gasteiger partial charge on any atom is -0.289 e. The maximum Gasteiger partial charge on any atom is 0.185 e. The molecule has 0 aliphatic carbocycles. The van der Waals surface area contributed by atoms with Gasteiger partial charge in [-0.1, -0.05) is 15.9 Å². The van der Waals surface area contributed by atoms with E-state index >= 15 is 0 Å². The highest BCUT2D eigenvalue weighted by molar-refractivity contribution is 9.10. The number of hydrogen-bond donors (Lipinski definition) is 0. The minimum absolute atomic E-state index is 0.00856. The molecule has 18 heavy (non-hydrogen) atoms. The number of halogens is 1. The van der Waals surface area contributed by atoms with Gasteiger partial charge in [0, 0.05) is 28.3 Å². The lowest BCUT2D eigenvalue weighted by molar-refractivity contribution is 0.104. The smallest absolute Gasteiger partial charge is 0.185 e. The second kappa shape index (κ2) is 5.31. The monoisotopic (exact) mass is 304 g/mol. The molecular weight excluding hydrogens is 292 g/mol. The van der Waals surface area contributed by atoms with Crippen LogP contribution in [0.3, 0.4) is 0 Å². The number of carbonyl (C=O) groups is 1. The van der Waals surface area contributed by atoms with E-state index in [2.05, 4.69) is 21.0 Å². The van der Waals surface area contributed by atoms with Crippen molar-refractivity contribution < 1.29 is 4.79 Å². The Labute approximate surface area is 114 Å². The van der Waals surface area contributed by atoms with Gasteiger partial charge >= 0.3 is 0 Å². The van der Waals surface area contributed by atoms with Crippen LogP contribution < -0.4 is 0 Å². The van der Waals surface area contributed by atoms with Gasteiger partial charge in [-0.05, 0) is 43.3 Å². The van der Waals surface area contributed by atoms with Crippen molar-refractivity contribution in [3.63, 3.8) is 0 Å². The van der Waals surface area contributed by atoms with E-state index in [1.807, 2.05) is 26.1 Å². The quantitative estimate of drug-likeness (QED) is 0.643. The average molecular weight is 305 g/mol. The van der Waals surface area contributed by atoms with Gasteiger partial charge in [0.05, 0.1) is 6.20 Å². The van der Waals surface area contributed by atoms with Crippen LogP contribution in [0.15, 0.2) is 41.0 Å². The van der Waals surface area contributed by atoms with E-state index in [-0.39, 0.29) is 5.78 Å². The van der Waals surface area contributed by atoms with Gasteiger partial charge in [0.1, 0.15) is 0 Å². The van der Waals surface area contributed by atoms with Crippen LogP contribution >= 0.6 is 15.9 Å². The fourth-order valence-electron chi connectivity index (χ4n) is 1.56. The molecule has 1 heterocycles. The van der Waals surface area contributed by atoms with E-state index < -0.39 is 0 Å². The maximum absolute atomic E-state index is 11.9. The normalized spacial score (nSPS) is 11.1. The Hall–Kier alpha value is -1.68. The lowest BCUT2D eigenvalue weighted by Crippen LogP contribution is -1.94. The molecule has 0 aliphatic rings. The highest BCUT2D eigenvalue weighted by Crippen LogP contribution is 2.13. The summed E-state index contributed by atoms with van der Waals surface area (Å²) in [6, 6.07) is 7.31. The summed E-state index contributed by atoms with van der Waals surface area (Å²) in [5, 5.41) is 4.13. The first kappa shape index (κ1) is 12.8. The summed E-state index contributed by atoms with van der Waals surface area (Å²) in [5.74, 6) is -0.00856. The molecule has 0 amide bonds. The van der Waals surface area contributed by atoms with Gasteiger partial charge in [0.25, 0.3) is 0 Å². The Morgan fingerprint density at radius 2 is 2.00 bits per heavy atom. The Bertz CT molecular complexity index is 597. The third-order valence-corrected chi connectivity index (χ3v) is 3.34. The predicted octanol–water partition coefficient (Wildman–Crippen LogP) is 3.39. The number of nitrogens with zero attached hydrogens (tertiary/aromatic N) is 2. The third kappa shape index (κ3) is 2.76. The lowest BCUT2D eigenvalue weighted by Gasteiger charge is -1.96. The lowest BCUT2D eigenvalue weighted by atomic mass is 10.1. The molecule has 2 aromatic rings. The summed E-state index contributed by atoms with van der Waals surface area (Å²) in [6.07, 6.45) is 5.13. The van der Waals surface area contributed by atoms with Crippen LogP contribution in [0.2, 0.25) is 0 Å². The second-order valence-corrected chi connectivity index (χ2v) is 4.93. The Balaban J connectivity index is 2.16. The first-order chi connectivity index (χ1) is 8.58. The number of carbonyl (C=O) groups excluding carboxylic acids is 1. The molecule has 0 aliphatic heterocycles. The fraction of sp³-hybridized carbons (Fsp3) is 0.143. The van der Waals surface area contributed by atoms with Crippen molar-refractivity contribution in [2.45, 2.75) is 6.92 Å². The van der Waals surface area contributed by atoms with Crippen molar-refractivity contribution in [1.82, 2.24) is 9.78 Å². The molecule has 0 spiro atoms. The molecule has 0 saturated heterocycles. The van der Waals surface area contributed by atoms with Gasteiger partial charge in [-0.2, -0.15) is 5.10 Å². The summed E-state index contributed by atoms with van der Waals surface area (Å²) in [4.78, 5) is 11.9. The van der Waals surface area contributed by atoms with Gasteiger partial charge in [0.15, 0.2) is 5.78 Å². The standard InChI is InChI=1S/C14H13BrN2O/c1-10-12(9-16-17(10)2)5-8-14(18)11-3-6-13(15)7-4-11/h3-9H,1-2H3/b8-5+. The molecule has 0 radical (unpaired) electrons. The van der Waals surface area contributed by atoms with E-state index in [1.54, 1.807) is 35.2 Å². The van der Waals surface area contributed by atoms with E-state index in [0.29, 0.717) is 5.56 Å². The third-order valence-electron chi connectivity index (χ3n) is 2.82. The van der Waals surface area contributed by atoms with Crippen molar-refractivity contribution in [3.05, 3.63) is 57.8 Å². The molecular formula is C14H13BrN2O. The molecule has 0 fully saturated rings. The number of rotatable bonds is 3. The first-order valence-electron chi connectivity index (χ1n) is 5.54. The number of aromatic nitrogens is 2. The molecule has 92 valence electrons. The van der Waals surface area contributed by atoms with Crippen LogP contribution in [0, 0.1) is 6.92 Å². The van der Waals surface area contributed by atoms with Gasteiger partial charge in [-0.3, -0.25) is 9.48 Å². The van der Waals surface area contributed by atoms with Gasteiger partial charge < -0.3 is 0 Å². The molecule has 4 heteroatoms. The number of aryl methyl sites for hydroxylation is 1. The van der Waals surface area contributed by atoms with Crippen molar-refractivity contribution in [2.24, 2.45) is 7.05 Å². The average Bonchev–Trinajstić information content (AvgIpc) is 2.68. The van der Waals surface area contributed by atoms with Crippen molar-refractivity contribution >= 4 is 27.8 Å². The van der Waals surface area contributed by atoms with Crippen molar-refractivity contribution in [3.8, 4) is 0 Å². The number of benzene rings is 1. The Kier molecular flexibility index (Phi) is 3.77. The SMILES string of the molecule is Cc1c(/C=C/C(=O)c2ccc(Br)cc2)cnn1C. The van der Waals surface area contributed by atoms with Crippen molar-refractivity contribution in [2.75, 3.05) is 0 Å². The molecule has 0 N–H and O–H groups in total. The first-order valence-corrected chi connectivity index (χ1v) is 6.34. The van der Waals surface area contributed by atoms with Gasteiger partial charge in [-0.25, -0.2) is 0 Å². The molecule has 1 aromatic heterocycles. The summed E-state index contributed by atoms with van der Waals surface area (Å²) in [5.41, 5.74) is 2.67. The minimum atomic E-state index is -0.00856. The number of allylic oxidation sites excluding steroid dienone is 1. The molecule has 0 bridgehead atoms. The summed E-state index contributed by atoms with van der Waals surface area (Å²) in [6.45, 7) is 1.97. The van der Waals surface area contributed by atoms with Crippen LogP contribution in [0.4, 0.5) is 0 Å². The van der Waals surface area contributed by atoms with Crippen LogP contribution in [0.5, 0.6) is 0 Å². The summed E-state index contributed by atoms with van der Waals surface area (Å²) in [7, 11) is 1.88. The molecule has 1 aromatic carbocycles. The van der Waals surface area contributed by atoms with Crippen LogP contribution in [0.1, 0.15) is 21.6 Å². The zero-order valence-corrected chi connectivity index (χ0v) is 11.8. The summed E-state index contributed by atoms with van der Waals surface area (Å²) >= 11 is 3.34. The molecule has 0 saturated carbocycles. The molecule has 0 atom stereocenters.